The van der Waals surface area contributed by atoms with Gasteiger partial charge in [-0.25, -0.2) is 13.8 Å². The topological polar surface area (TPSA) is 172 Å². The number of benzene rings is 4. The van der Waals surface area contributed by atoms with E-state index in [1.54, 1.807) is 43.8 Å². The van der Waals surface area contributed by atoms with Crippen LogP contribution in [0.15, 0.2) is 91.4 Å². The molecule has 0 aliphatic carbocycles. The van der Waals surface area contributed by atoms with E-state index in [-0.39, 0.29) is 48.0 Å². The van der Waals surface area contributed by atoms with E-state index < -0.39 is 41.3 Å². The summed E-state index contributed by atoms with van der Waals surface area (Å²) in [6.07, 6.45) is 8.78. The number of aromatic nitrogens is 4. The molecule has 4 aliphatic rings. The van der Waals surface area contributed by atoms with Crippen LogP contribution >= 0.6 is 0 Å². The monoisotopic (exact) mass is 979 g/mol. The molecule has 2 aromatic heterocycles. The summed E-state index contributed by atoms with van der Waals surface area (Å²) in [7, 11) is 1.62. The average molecular weight is 980 g/mol. The second-order valence-corrected chi connectivity index (χ2v) is 18.9. The molecule has 1 unspecified atom stereocenters. The Morgan fingerprint density at radius 1 is 0.819 bits per heavy atom. The van der Waals surface area contributed by atoms with Crippen molar-refractivity contribution in [3.8, 4) is 28.1 Å². The number of piperidine rings is 2. The van der Waals surface area contributed by atoms with Gasteiger partial charge in [-0.2, -0.15) is 5.10 Å². The fraction of sp³-hybridized carbons (Fsp3) is 0.370. The molecule has 4 aromatic carbocycles. The first kappa shape index (κ1) is 48.4. The maximum absolute atomic E-state index is 15.5. The summed E-state index contributed by atoms with van der Waals surface area (Å²) in [5.41, 5.74) is 5.80. The molecule has 3 fully saturated rings. The van der Waals surface area contributed by atoms with Gasteiger partial charge in [0.15, 0.2) is 0 Å². The highest BCUT2D eigenvalue weighted by molar-refractivity contribution is 6.23. The molecule has 372 valence electrons. The Morgan fingerprint density at radius 3 is 2.31 bits per heavy atom. The van der Waals surface area contributed by atoms with E-state index in [1.165, 1.54) is 12.1 Å². The van der Waals surface area contributed by atoms with Crippen LogP contribution in [0.25, 0.3) is 33.4 Å². The minimum atomic E-state index is -1.04. The van der Waals surface area contributed by atoms with Crippen LogP contribution in [0.5, 0.6) is 5.75 Å². The van der Waals surface area contributed by atoms with E-state index in [0.29, 0.717) is 99.7 Å². The summed E-state index contributed by atoms with van der Waals surface area (Å²) >= 11 is 0. The molecule has 0 bridgehead atoms. The number of hydrogen-bond acceptors (Lipinski definition) is 12. The second kappa shape index (κ2) is 21.2. The number of unbranched alkanes of at least 4 members (excludes halogenated alkanes) is 1. The van der Waals surface area contributed by atoms with Crippen LogP contribution in [-0.2, 0) is 38.8 Å². The Labute approximate surface area is 414 Å². The van der Waals surface area contributed by atoms with Crippen molar-refractivity contribution in [1.82, 2.24) is 44.7 Å². The number of likely N-dealkylation sites (tertiary alicyclic amines) is 1. The number of halogens is 2. The van der Waals surface area contributed by atoms with Gasteiger partial charge in [-0.1, -0.05) is 30.3 Å². The number of ether oxygens (including phenoxy) is 2. The number of hydrogen-bond donors (Lipinski definition) is 1. The van der Waals surface area contributed by atoms with Gasteiger partial charge in [-0.3, -0.25) is 53.7 Å². The van der Waals surface area contributed by atoms with Gasteiger partial charge in [0.1, 0.15) is 23.4 Å². The SMILES string of the molecule is COc1ccc(CN(CCCCC(=O)N2CCC(n3cc(-c4cnc5cccc(-c6cc(F)c(CN7CCOCC7)c(F)c6)c5n4)cn3)CC2)Cc2ccc3c(c2)C(=O)N(C2CCC(=O)NC2=O)C3=O)cc1. The van der Waals surface area contributed by atoms with Gasteiger partial charge < -0.3 is 14.4 Å². The number of imide groups is 2. The molecule has 72 heavy (non-hydrogen) atoms. The fourth-order valence-electron chi connectivity index (χ4n) is 10.2. The van der Waals surface area contributed by atoms with Crippen molar-refractivity contribution in [3.63, 3.8) is 0 Å². The normalized spacial score (nSPS) is 17.8. The van der Waals surface area contributed by atoms with E-state index >= 15 is 8.78 Å². The van der Waals surface area contributed by atoms with E-state index in [9.17, 15) is 24.0 Å². The second-order valence-electron chi connectivity index (χ2n) is 18.9. The smallest absolute Gasteiger partial charge is 0.262 e. The van der Waals surface area contributed by atoms with Crippen molar-refractivity contribution >= 4 is 40.6 Å². The van der Waals surface area contributed by atoms with Crippen LogP contribution in [-0.4, -0.2) is 128 Å². The third-order valence-corrected chi connectivity index (χ3v) is 14.2. The number of amides is 5. The predicted octanol–water partition coefficient (Wildman–Crippen LogP) is 6.72. The van der Waals surface area contributed by atoms with Crippen LogP contribution < -0.4 is 10.1 Å². The minimum absolute atomic E-state index is 0.0345. The highest BCUT2D eigenvalue weighted by atomic mass is 19.1. The first-order valence-electron chi connectivity index (χ1n) is 24.6. The molecule has 0 spiro atoms. The number of nitrogens with zero attached hydrogens (tertiary/aromatic N) is 8. The first-order chi connectivity index (χ1) is 35.0. The van der Waals surface area contributed by atoms with Crippen molar-refractivity contribution < 1.29 is 42.2 Å². The Balaban J connectivity index is 0.740. The number of nitrogens with one attached hydrogen (secondary N) is 1. The van der Waals surface area contributed by atoms with Gasteiger partial charge >= 0.3 is 0 Å². The molecule has 16 nitrogen and oxygen atoms in total. The number of morpholine rings is 1. The van der Waals surface area contributed by atoms with Crippen LogP contribution in [0, 0.1) is 11.6 Å². The van der Waals surface area contributed by atoms with Gasteiger partial charge in [-0.15, -0.1) is 0 Å². The number of rotatable bonds is 16. The Kier molecular flexibility index (Phi) is 14.2. The van der Waals surface area contributed by atoms with Crippen LogP contribution in [0.2, 0.25) is 0 Å². The van der Waals surface area contributed by atoms with Gasteiger partial charge in [0, 0.05) is 81.5 Å². The molecule has 3 saturated heterocycles. The quantitative estimate of drug-likeness (QED) is 0.0804. The molecule has 6 heterocycles. The zero-order valence-corrected chi connectivity index (χ0v) is 40.0. The van der Waals surface area contributed by atoms with E-state index in [4.69, 9.17) is 14.5 Å². The van der Waals surface area contributed by atoms with E-state index in [1.807, 2.05) is 57.1 Å². The molecular weight excluding hydrogens is 925 g/mol. The fourth-order valence-corrected chi connectivity index (χ4v) is 10.2. The summed E-state index contributed by atoms with van der Waals surface area (Å²) < 4.78 is 43.6. The van der Waals surface area contributed by atoms with Gasteiger partial charge in [0.05, 0.1) is 66.6 Å². The largest absolute Gasteiger partial charge is 0.497 e. The maximum Gasteiger partial charge on any atom is 0.262 e. The molecule has 4 aliphatic heterocycles. The highest BCUT2D eigenvalue weighted by Gasteiger charge is 2.44. The molecule has 18 heteroatoms. The molecule has 1 N–H and O–H groups in total. The van der Waals surface area contributed by atoms with Crippen molar-refractivity contribution in [1.29, 1.82) is 0 Å². The maximum atomic E-state index is 15.5. The highest BCUT2D eigenvalue weighted by Crippen LogP contribution is 2.33. The summed E-state index contributed by atoms with van der Waals surface area (Å²) in [4.78, 5) is 81.5. The first-order valence-corrected chi connectivity index (χ1v) is 24.6. The lowest BCUT2D eigenvalue weighted by Gasteiger charge is -2.32. The van der Waals surface area contributed by atoms with E-state index in [2.05, 4.69) is 20.3 Å². The van der Waals surface area contributed by atoms with Gasteiger partial charge in [0.25, 0.3) is 11.8 Å². The number of fused-ring (bicyclic) bond motifs is 2. The summed E-state index contributed by atoms with van der Waals surface area (Å²) in [5, 5.41) is 6.93. The summed E-state index contributed by atoms with van der Waals surface area (Å²) in [6.45, 7) is 5.40. The lowest BCUT2D eigenvalue weighted by atomic mass is 10.0. The minimum Gasteiger partial charge on any atom is -0.497 e. The van der Waals surface area contributed by atoms with Crippen LogP contribution in [0.4, 0.5) is 8.78 Å². The summed E-state index contributed by atoms with van der Waals surface area (Å²) in [5.74, 6) is -2.53. The molecular formula is C54H55F2N9O7. The zero-order valence-electron chi connectivity index (χ0n) is 40.0. The standard InChI is InChI=1S/C54H55F2N9O7/c1-71-39-11-8-34(9-12-39)30-62(31-35-10-13-41-42(25-35)54(70)65(53(41)69)48-14-15-49(66)60-52(48)68)18-3-2-7-50(67)63-19-16-38(17-20-63)64-32-37(28-58-64)47-29-57-46-6-4-5-40(51(46)59-47)36-26-44(55)43(45(56)27-36)33-61-21-23-72-24-22-61/h4-6,8-13,25-29,32,38,48H,2-3,7,14-24,30-31,33H2,1H3,(H,60,66,68). The molecule has 5 amide bonds. The molecule has 1 atom stereocenters. The summed E-state index contributed by atoms with van der Waals surface area (Å²) in [6, 6.07) is 20.2. The van der Waals surface area contributed by atoms with Gasteiger partial charge in [0.2, 0.25) is 17.7 Å². The third-order valence-electron chi connectivity index (χ3n) is 14.2. The molecule has 6 aromatic rings. The number of carbonyl (C=O) groups excluding carboxylic acids is 5. The van der Waals surface area contributed by atoms with Crippen molar-refractivity contribution in [2.24, 2.45) is 0 Å². The third kappa shape index (κ3) is 10.4. The average Bonchev–Trinajstić information content (AvgIpc) is 3.98. The molecule has 10 rings (SSSR count). The molecule has 0 radical (unpaired) electrons. The zero-order chi connectivity index (χ0) is 49.9. The molecule has 0 saturated carbocycles. The Morgan fingerprint density at radius 2 is 1.56 bits per heavy atom. The lowest BCUT2D eigenvalue weighted by molar-refractivity contribution is -0.136. The van der Waals surface area contributed by atoms with Crippen LogP contribution in [0.1, 0.15) is 88.4 Å². The number of carbonyl (C=O) groups is 5. The Hall–Kier alpha value is -7.28. The number of methoxy groups -OCH3 is 1. The van der Waals surface area contributed by atoms with Gasteiger partial charge in [-0.05, 0) is 97.8 Å². The van der Waals surface area contributed by atoms with E-state index in [0.717, 1.165) is 46.6 Å². The lowest BCUT2D eigenvalue weighted by Crippen LogP contribution is -2.54. The predicted molar refractivity (Wildman–Crippen MR) is 261 cm³/mol. The number of para-hydroxylation sites is 1. The Bertz CT molecular complexity index is 3020. The van der Waals surface area contributed by atoms with Crippen LogP contribution in [0.3, 0.4) is 0 Å². The van der Waals surface area contributed by atoms with Crippen molar-refractivity contribution in [2.75, 3.05) is 53.0 Å². The van der Waals surface area contributed by atoms with Crippen molar-refractivity contribution in [2.45, 2.75) is 76.7 Å². The van der Waals surface area contributed by atoms with Crippen molar-refractivity contribution in [3.05, 3.63) is 131 Å².